The molecule has 0 saturated heterocycles. The molecule has 1 aromatic carbocycles. The van der Waals surface area contributed by atoms with Crippen LogP contribution in [0, 0.1) is 0 Å². The van der Waals surface area contributed by atoms with Crippen LogP contribution >= 0.6 is 0 Å². The first-order chi connectivity index (χ1) is 14.2. The molecular weight excluding hydrogens is 364 g/mol. The van der Waals surface area contributed by atoms with E-state index in [2.05, 4.69) is 25.9 Å². The van der Waals surface area contributed by atoms with Crippen molar-refractivity contribution in [1.82, 2.24) is 19.9 Å². The molecule has 0 radical (unpaired) electrons. The molecule has 5 rings (SSSR count). The Morgan fingerprint density at radius 3 is 2.79 bits per heavy atom. The fourth-order valence-electron chi connectivity index (χ4n) is 4.25. The zero-order valence-corrected chi connectivity index (χ0v) is 16.5. The van der Waals surface area contributed by atoms with E-state index in [1.54, 1.807) is 6.20 Å². The van der Waals surface area contributed by atoms with E-state index in [-0.39, 0.29) is 5.56 Å². The molecule has 1 aliphatic carbocycles. The smallest absolute Gasteiger partial charge is 0.251 e. The van der Waals surface area contributed by atoms with E-state index in [0.717, 1.165) is 70.8 Å². The molecule has 0 fully saturated rings. The van der Waals surface area contributed by atoms with Crippen molar-refractivity contribution in [3.63, 3.8) is 0 Å². The van der Waals surface area contributed by atoms with E-state index >= 15 is 0 Å². The summed E-state index contributed by atoms with van der Waals surface area (Å²) in [4.78, 5) is 19.7. The number of hydrogen-bond donors (Lipinski definition) is 2. The maximum Gasteiger partial charge on any atom is 0.251 e. The molecule has 2 N–H and O–H groups in total. The number of nitrogens with one attached hydrogen (secondary N) is 2. The van der Waals surface area contributed by atoms with Crippen LogP contribution in [0.15, 0.2) is 51.8 Å². The van der Waals surface area contributed by atoms with Crippen LogP contribution in [0.2, 0.25) is 0 Å². The van der Waals surface area contributed by atoms with Gasteiger partial charge in [-0.3, -0.25) is 4.79 Å². The summed E-state index contributed by atoms with van der Waals surface area (Å²) >= 11 is 0. The molecule has 6 nitrogen and oxygen atoms in total. The Balaban J connectivity index is 1.31. The first-order valence-corrected chi connectivity index (χ1v) is 10.1. The highest BCUT2D eigenvalue weighted by molar-refractivity contribution is 5.75. The topological polar surface area (TPSA) is 75.8 Å². The first kappa shape index (κ1) is 17.9. The van der Waals surface area contributed by atoms with Crippen molar-refractivity contribution in [2.75, 3.05) is 0 Å². The van der Waals surface area contributed by atoms with Gasteiger partial charge >= 0.3 is 0 Å². The monoisotopic (exact) mass is 388 g/mol. The van der Waals surface area contributed by atoms with Crippen LogP contribution < -0.4 is 10.9 Å². The van der Waals surface area contributed by atoms with E-state index in [9.17, 15) is 4.79 Å². The van der Waals surface area contributed by atoms with Crippen LogP contribution in [-0.4, -0.2) is 14.5 Å². The quantitative estimate of drug-likeness (QED) is 0.547. The minimum atomic E-state index is 0.0411. The summed E-state index contributed by atoms with van der Waals surface area (Å²) in [5.41, 5.74) is 5.27. The molecular formula is C23H24N4O2. The largest absolute Gasteiger partial charge is 0.460 e. The van der Waals surface area contributed by atoms with Gasteiger partial charge in [-0.15, -0.1) is 0 Å². The van der Waals surface area contributed by atoms with E-state index in [0.29, 0.717) is 13.1 Å². The second-order valence-corrected chi connectivity index (χ2v) is 7.64. The Kier molecular flexibility index (Phi) is 4.56. The number of imidazole rings is 1. The fourth-order valence-corrected chi connectivity index (χ4v) is 4.25. The molecule has 0 amide bonds. The molecule has 0 spiro atoms. The lowest BCUT2D eigenvalue weighted by Crippen LogP contribution is -2.19. The van der Waals surface area contributed by atoms with Gasteiger partial charge in [0.2, 0.25) is 0 Å². The van der Waals surface area contributed by atoms with Crippen molar-refractivity contribution in [2.45, 2.75) is 38.8 Å². The normalized spacial score (nSPS) is 13.7. The highest BCUT2D eigenvalue weighted by Gasteiger charge is 2.19. The van der Waals surface area contributed by atoms with Crippen molar-refractivity contribution < 1.29 is 4.42 Å². The van der Waals surface area contributed by atoms with Crippen molar-refractivity contribution in [3.05, 3.63) is 75.7 Å². The molecule has 0 saturated carbocycles. The Morgan fingerprint density at radius 1 is 1.10 bits per heavy atom. The van der Waals surface area contributed by atoms with Gasteiger partial charge < -0.3 is 19.3 Å². The van der Waals surface area contributed by atoms with Gasteiger partial charge in [0.1, 0.15) is 17.3 Å². The lowest BCUT2D eigenvalue weighted by Gasteiger charge is -2.17. The average molecular weight is 388 g/mol. The van der Waals surface area contributed by atoms with E-state index < -0.39 is 0 Å². The zero-order chi connectivity index (χ0) is 19.8. The molecule has 6 heteroatoms. The standard InChI is InChI=1S/C23H24N4O2/c1-27-20-9-5-4-8-19(20)26-22(27)14-24-12-15-10-11-21(29-15)18-13-25-23(28)17-7-3-2-6-16(17)18/h4-5,8-11,13,24H,2-3,6-7,12,14H2,1H3,(H,25,28). The van der Waals surface area contributed by atoms with Crippen molar-refractivity contribution >= 4 is 11.0 Å². The minimum Gasteiger partial charge on any atom is -0.460 e. The second-order valence-electron chi connectivity index (χ2n) is 7.64. The summed E-state index contributed by atoms with van der Waals surface area (Å²) < 4.78 is 8.20. The molecule has 4 aromatic rings. The molecule has 0 bridgehead atoms. The maximum atomic E-state index is 12.1. The average Bonchev–Trinajstić information content (AvgIpc) is 3.34. The number of para-hydroxylation sites is 2. The first-order valence-electron chi connectivity index (χ1n) is 10.1. The zero-order valence-electron chi connectivity index (χ0n) is 16.5. The maximum absolute atomic E-state index is 12.1. The number of nitrogens with zero attached hydrogens (tertiary/aromatic N) is 2. The number of benzene rings is 1. The van der Waals surface area contributed by atoms with Crippen LogP contribution in [-0.2, 0) is 33.0 Å². The molecule has 3 aromatic heterocycles. The third-order valence-electron chi connectivity index (χ3n) is 5.80. The third kappa shape index (κ3) is 3.29. The van der Waals surface area contributed by atoms with Gasteiger partial charge in [-0.25, -0.2) is 4.98 Å². The summed E-state index contributed by atoms with van der Waals surface area (Å²) in [6, 6.07) is 12.1. The van der Waals surface area contributed by atoms with Crippen molar-refractivity contribution in [3.8, 4) is 11.3 Å². The Hall–Kier alpha value is -3.12. The predicted octanol–water partition coefficient (Wildman–Crippen LogP) is 3.69. The number of aryl methyl sites for hydroxylation is 1. The van der Waals surface area contributed by atoms with E-state index in [1.165, 1.54) is 0 Å². The minimum absolute atomic E-state index is 0.0411. The Labute approximate surface area is 168 Å². The summed E-state index contributed by atoms with van der Waals surface area (Å²) in [7, 11) is 2.04. The number of pyridine rings is 1. The number of furan rings is 1. The van der Waals surface area contributed by atoms with Gasteiger partial charge in [0.25, 0.3) is 5.56 Å². The summed E-state index contributed by atoms with van der Waals surface area (Å²) in [6.45, 7) is 1.28. The molecule has 1 aliphatic rings. The lowest BCUT2D eigenvalue weighted by molar-refractivity contribution is 0.488. The van der Waals surface area contributed by atoms with Gasteiger partial charge in [0, 0.05) is 24.4 Å². The number of rotatable bonds is 5. The van der Waals surface area contributed by atoms with Gasteiger partial charge in [-0.05, 0) is 55.5 Å². The number of H-pyrrole nitrogens is 1. The molecule has 0 aliphatic heterocycles. The van der Waals surface area contributed by atoms with Crippen LogP contribution in [0.4, 0.5) is 0 Å². The third-order valence-corrected chi connectivity index (χ3v) is 5.80. The van der Waals surface area contributed by atoms with Gasteiger partial charge in [0.05, 0.1) is 24.1 Å². The second kappa shape index (κ2) is 7.37. The summed E-state index contributed by atoms with van der Waals surface area (Å²) in [6.07, 6.45) is 5.79. The summed E-state index contributed by atoms with van der Waals surface area (Å²) in [5.74, 6) is 2.68. The molecule has 3 heterocycles. The van der Waals surface area contributed by atoms with Crippen LogP contribution in [0.5, 0.6) is 0 Å². The lowest BCUT2D eigenvalue weighted by atomic mass is 9.89. The van der Waals surface area contributed by atoms with Crippen LogP contribution in [0.25, 0.3) is 22.4 Å². The fraction of sp³-hybridized carbons (Fsp3) is 0.304. The molecule has 0 atom stereocenters. The highest BCUT2D eigenvalue weighted by Crippen LogP contribution is 2.30. The number of aromatic amines is 1. The summed E-state index contributed by atoms with van der Waals surface area (Å²) in [5, 5.41) is 3.42. The SMILES string of the molecule is Cn1c(CNCc2ccc(-c3c[nH]c(=O)c4c3CCCC4)o2)nc2ccccc21. The molecule has 0 unspecified atom stereocenters. The molecule has 29 heavy (non-hydrogen) atoms. The number of aromatic nitrogens is 3. The van der Waals surface area contributed by atoms with Crippen molar-refractivity contribution in [1.29, 1.82) is 0 Å². The Bertz CT molecular complexity index is 1230. The van der Waals surface area contributed by atoms with Gasteiger partial charge in [-0.1, -0.05) is 12.1 Å². The Morgan fingerprint density at radius 2 is 1.93 bits per heavy atom. The highest BCUT2D eigenvalue weighted by atomic mass is 16.3. The number of hydrogen-bond acceptors (Lipinski definition) is 4. The van der Waals surface area contributed by atoms with Crippen LogP contribution in [0.3, 0.4) is 0 Å². The predicted molar refractivity (Wildman–Crippen MR) is 113 cm³/mol. The number of fused-ring (bicyclic) bond motifs is 2. The van der Waals surface area contributed by atoms with E-state index in [4.69, 9.17) is 4.42 Å². The van der Waals surface area contributed by atoms with Gasteiger partial charge in [0.15, 0.2) is 0 Å². The van der Waals surface area contributed by atoms with Gasteiger partial charge in [-0.2, -0.15) is 0 Å². The van der Waals surface area contributed by atoms with E-state index in [1.807, 2.05) is 37.4 Å². The van der Waals surface area contributed by atoms with Crippen LogP contribution in [0.1, 0.15) is 35.6 Å². The molecule has 148 valence electrons. The van der Waals surface area contributed by atoms with Crippen molar-refractivity contribution in [2.24, 2.45) is 7.05 Å².